The molecule has 0 atom stereocenters. The van der Waals surface area contributed by atoms with Crippen molar-refractivity contribution < 1.29 is 9.13 Å². The molecule has 0 heterocycles. The van der Waals surface area contributed by atoms with E-state index in [9.17, 15) is 4.39 Å². The normalized spacial score (nSPS) is 10.2. The van der Waals surface area contributed by atoms with Crippen molar-refractivity contribution in [2.24, 2.45) is 5.73 Å². The Labute approximate surface area is 131 Å². The van der Waals surface area contributed by atoms with Crippen molar-refractivity contribution in [1.29, 1.82) is 5.26 Å². The van der Waals surface area contributed by atoms with Crippen molar-refractivity contribution in [3.05, 3.63) is 63.4 Å². The lowest BCUT2D eigenvalue weighted by Crippen LogP contribution is -2.07. The monoisotopic (exact) mass is 348 g/mol. The summed E-state index contributed by atoms with van der Waals surface area (Å²) in [6.45, 7) is 0.562. The summed E-state index contributed by atoms with van der Waals surface area (Å²) in [6.07, 6.45) is 0.676. The number of para-hydroxylation sites is 1. The van der Waals surface area contributed by atoms with E-state index in [4.69, 9.17) is 15.7 Å². The van der Waals surface area contributed by atoms with Crippen molar-refractivity contribution in [3.8, 4) is 11.8 Å². The molecule has 0 amide bonds. The van der Waals surface area contributed by atoms with Crippen LogP contribution < -0.4 is 10.5 Å². The van der Waals surface area contributed by atoms with Gasteiger partial charge in [0, 0.05) is 5.56 Å². The summed E-state index contributed by atoms with van der Waals surface area (Å²) in [5.41, 5.74) is 6.91. The lowest BCUT2D eigenvalue weighted by atomic mass is 10.1. The molecule has 0 fully saturated rings. The van der Waals surface area contributed by atoms with E-state index < -0.39 is 5.82 Å². The van der Waals surface area contributed by atoms with Gasteiger partial charge < -0.3 is 10.5 Å². The summed E-state index contributed by atoms with van der Waals surface area (Å²) >= 11 is 3.43. The molecular formula is C16H14BrFN2O. The highest BCUT2D eigenvalue weighted by Gasteiger charge is 2.11. The predicted molar refractivity (Wildman–Crippen MR) is 82.3 cm³/mol. The maximum atomic E-state index is 14.0. The van der Waals surface area contributed by atoms with Gasteiger partial charge in [-0.2, -0.15) is 5.26 Å². The number of nitrogens with two attached hydrogens (primary N) is 1. The topological polar surface area (TPSA) is 59.0 Å². The van der Waals surface area contributed by atoms with Gasteiger partial charge in [0.1, 0.15) is 24.2 Å². The highest BCUT2D eigenvalue weighted by molar-refractivity contribution is 9.10. The summed E-state index contributed by atoms with van der Waals surface area (Å²) in [7, 11) is 0. The standard InChI is InChI=1S/C16H14BrFN2O/c17-14-6-2-3-11(7-8-19)16(14)21-10-13-5-1-4-12(9-20)15(13)18/h1-6H,7-8,10,19H2. The van der Waals surface area contributed by atoms with Gasteiger partial charge in [-0.1, -0.05) is 24.3 Å². The first-order chi connectivity index (χ1) is 10.2. The number of hydrogen-bond acceptors (Lipinski definition) is 3. The molecule has 21 heavy (non-hydrogen) atoms. The van der Waals surface area contributed by atoms with Gasteiger partial charge in [-0.05, 0) is 46.6 Å². The molecule has 108 valence electrons. The van der Waals surface area contributed by atoms with Gasteiger partial charge in [0.25, 0.3) is 0 Å². The van der Waals surface area contributed by atoms with E-state index in [1.54, 1.807) is 12.1 Å². The molecule has 5 heteroatoms. The molecule has 0 unspecified atom stereocenters. The van der Waals surface area contributed by atoms with Crippen LogP contribution in [0.3, 0.4) is 0 Å². The van der Waals surface area contributed by atoms with E-state index in [2.05, 4.69) is 15.9 Å². The molecule has 0 aliphatic carbocycles. The van der Waals surface area contributed by atoms with Crippen LogP contribution in [0.2, 0.25) is 0 Å². The van der Waals surface area contributed by atoms with Crippen LogP contribution in [0, 0.1) is 17.1 Å². The van der Waals surface area contributed by atoms with Crippen LogP contribution in [0.4, 0.5) is 4.39 Å². The van der Waals surface area contributed by atoms with Crippen LogP contribution in [0.25, 0.3) is 0 Å². The summed E-state index contributed by atoms with van der Waals surface area (Å²) in [4.78, 5) is 0. The minimum absolute atomic E-state index is 0.0189. The lowest BCUT2D eigenvalue weighted by Gasteiger charge is -2.13. The van der Waals surface area contributed by atoms with E-state index in [0.717, 1.165) is 10.0 Å². The smallest absolute Gasteiger partial charge is 0.147 e. The number of ether oxygens (including phenoxy) is 1. The number of nitrogens with zero attached hydrogens (tertiary/aromatic N) is 1. The Morgan fingerprint density at radius 2 is 1.90 bits per heavy atom. The largest absolute Gasteiger partial charge is 0.487 e. The van der Waals surface area contributed by atoms with E-state index >= 15 is 0 Å². The molecule has 0 bridgehead atoms. The SMILES string of the molecule is N#Cc1cccc(COc2c(Br)cccc2CCN)c1F. The van der Waals surface area contributed by atoms with Gasteiger partial charge in [0.05, 0.1) is 10.0 Å². The van der Waals surface area contributed by atoms with Gasteiger partial charge >= 0.3 is 0 Å². The lowest BCUT2D eigenvalue weighted by molar-refractivity contribution is 0.294. The molecule has 2 N–H and O–H groups in total. The van der Waals surface area contributed by atoms with Crippen LogP contribution in [-0.2, 0) is 13.0 Å². The summed E-state index contributed by atoms with van der Waals surface area (Å²) in [5.74, 6) is 0.122. The highest BCUT2D eigenvalue weighted by Crippen LogP contribution is 2.30. The minimum Gasteiger partial charge on any atom is -0.487 e. The first-order valence-electron chi connectivity index (χ1n) is 6.45. The fraction of sp³-hybridized carbons (Fsp3) is 0.188. The average Bonchev–Trinajstić information content (AvgIpc) is 2.48. The van der Waals surface area contributed by atoms with Gasteiger partial charge in [0.15, 0.2) is 0 Å². The molecule has 0 radical (unpaired) electrons. The zero-order valence-corrected chi connectivity index (χ0v) is 12.9. The van der Waals surface area contributed by atoms with Crippen molar-refractivity contribution in [1.82, 2.24) is 0 Å². The second-order valence-corrected chi connectivity index (χ2v) is 5.30. The maximum Gasteiger partial charge on any atom is 0.147 e. The Morgan fingerprint density at radius 3 is 2.62 bits per heavy atom. The molecule has 0 aliphatic rings. The second kappa shape index (κ2) is 7.21. The number of nitriles is 1. The summed E-state index contributed by atoms with van der Waals surface area (Å²) < 4.78 is 20.5. The van der Waals surface area contributed by atoms with Crippen LogP contribution in [0.1, 0.15) is 16.7 Å². The average molecular weight is 349 g/mol. The predicted octanol–water partition coefficient (Wildman–Crippen LogP) is 3.54. The van der Waals surface area contributed by atoms with Crippen molar-refractivity contribution in [3.63, 3.8) is 0 Å². The zero-order valence-electron chi connectivity index (χ0n) is 11.3. The Bertz CT molecular complexity index is 682. The third kappa shape index (κ3) is 3.60. The molecule has 0 aliphatic heterocycles. The van der Waals surface area contributed by atoms with Gasteiger partial charge in [-0.3, -0.25) is 0 Å². The fourth-order valence-corrected chi connectivity index (χ4v) is 2.52. The van der Waals surface area contributed by atoms with Crippen molar-refractivity contribution in [2.45, 2.75) is 13.0 Å². The van der Waals surface area contributed by atoms with E-state index in [1.165, 1.54) is 6.07 Å². The molecule has 3 nitrogen and oxygen atoms in total. The third-order valence-corrected chi connectivity index (χ3v) is 3.66. The fourth-order valence-electron chi connectivity index (χ4n) is 2.00. The Kier molecular flexibility index (Phi) is 5.32. The Morgan fingerprint density at radius 1 is 1.19 bits per heavy atom. The molecule has 2 rings (SSSR count). The second-order valence-electron chi connectivity index (χ2n) is 4.45. The van der Waals surface area contributed by atoms with E-state index in [0.29, 0.717) is 24.3 Å². The molecular weight excluding hydrogens is 335 g/mol. The summed E-state index contributed by atoms with van der Waals surface area (Å²) in [6, 6.07) is 12.2. The number of halogens is 2. The third-order valence-electron chi connectivity index (χ3n) is 3.03. The van der Waals surface area contributed by atoms with Crippen LogP contribution in [-0.4, -0.2) is 6.54 Å². The number of benzene rings is 2. The van der Waals surface area contributed by atoms with Gasteiger partial charge in [-0.25, -0.2) is 4.39 Å². The molecule has 0 saturated heterocycles. The molecule has 2 aromatic carbocycles. The van der Waals surface area contributed by atoms with E-state index in [-0.39, 0.29) is 12.2 Å². The molecule has 0 aromatic heterocycles. The van der Waals surface area contributed by atoms with Gasteiger partial charge in [0.2, 0.25) is 0 Å². The Balaban J connectivity index is 2.23. The quantitative estimate of drug-likeness (QED) is 0.898. The maximum absolute atomic E-state index is 14.0. The molecule has 0 saturated carbocycles. The van der Waals surface area contributed by atoms with Crippen LogP contribution in [0.15, 0.2) is 40.9 Å². The zero-order chi connectivity index (χ0) is 15.2. The first-order valence-corrected chi connectivity index (χ1v) is 7.24. The Hall–Kier alpha value is -1.90. The molecule has 0 spiro atoms. The van der Waals surface area contributed by atoms with E-state index in [1.807, 2.05) is 24.3 Å². The first kappa shape index (κ1) is 15.5. The number of rotatable bonds is 5. The van der Waals surface area contributed by atoms with Gasteiger partial charge in [-0.15, -0.1) is 0 Å². The van der Waals surface area contributed by atoms with Crippen molar-refractivity contribution in [2.75, 3.05) is 6.54 Å². The highest BCUT2D eigenvalue weighted by atomic mass is 79.9. The van der Waals surface area contributed by atoms with Crippen LogP contribution >= 0.6 is 15.9 Å². The molecule has 2 aromatic rings. The van der Waals surface area contributed by atoms with Crippen molar-refractivity contribution >= 4 is 15.9 Å². The van der Waals surface area contributed by atoms with Crippen LogP contribution in [0.5, 0.6) is 5.75 Å². The number of hydrogen-bond donors (Lipinski definition) is 1. The minimum atomic E-state index is -0.535. The summed E-state index contributed by atoms with van der Waals surface area (Å²) in [5, 5.41) is 8.83.